The van der Waals surface area contributed by atoms with Crippen LogP contribution in [0.4, 0.5) is 0 Å². The van der Waals surface area contributed by atoms with Crippen LogP contribution in [0.5, 0.6) is 0 Å². The van der Waals surface area contributed by atoms with Gasteiger partial charge in [-0.05, 0) is 13.8 Å². The molecule has 0 aliphatic rings. The summed E-state index contributed by atoms with van der Waals surface area (Å²) < 4.78 is 4.72. The molecule has 1 unspecified atom stereocenters. The first-order chi connectivity index (χ1) is 3.27. The van der Waals surface area contributed by atoms with E-state index in [4.69, 9.17) is 9.84 Å². The number of hydrogen-bond donors (Lipinski definition) is 1. The van der Waals surface area contributed by atoms with Crippen molar-refractivity contribution < 1.29 is 9.84 Å². The lowest BCUT2D eigenvalue weighted by molar-refractivity contribution is 0.109. The van der Waals surface area contributed by atoms with Gasteiger partial charge >= 0.3 is 0 Å². The minimum Gasteiger partial charge on any atom is -0.391 e. The SMILES string of the molecule is CCO[CH]C(C)O. The fourth-order valence-corrected chi connectivity index (χ4v) is 0.235. The maximum atomic E-state index is 8.50. The highest BCUT2D eigenvalue weighted by molar-refractivity contribution is 4.55. The van der Waals surface area contributed by atoms with Crippen molar-refractivity contribution in [1.29, 1.82) is 0 Å². The summed E-state index contributed by atoms with van der Waals surface area (Å²) in [5, 5.41) is 8.50. The van der Waals surface area contributed by atoms with Crippen molar-refractivity contribution in [2.24, 2.45) is 0 Å². The van der Waals surface area contributed by atoms with Crippen LogP contribution < -0.4 is 0 Å². The third-order valence-electron chi connectivity index (χ3n) is 0.460. The highest BCUT2D eigenvalue weighted by Gasteiger charge is 1.91. The predicted molar refractivity (Wildman–Crippen MR) is 27.6 cm³/mol. The van der Waals surface area contributed by atoms with Crippen LogP contribution in [-0.2, 0) is 4.74 Å². The summed E-state index contributed by atoms with van der Waals surface area (Å²) >= 11 is 0. The number of aliphatic hydroxyl groups is 1. The Morgan fingerprint density at radius 1 is 1.86 bits per heavy atom. The van der Waals surface area contributed by atoms with E-state index in [0.29, 0.717) is 6.61 Å². The molecule has 0 heterocycles. The summed E-state index contributed by atoms with van der Waals surface area (Å²) in [6.45, 7) is 5.56. The van der Waals surface area contributed by atoms with Gasteiger partial charge in [0.25, 0.3) is 0 Å². The summed E-state index contributed by atoms with van der Waals surface area (Å²) in [6, 6.07) is 0. The zero-order valence-corrected chi connectivity index (χ0v) is 4.72. The Balaban J connectivity index is 2.68. The van der Waals surface area contributed by atoms with Crippen LogP contribution in [0, 0.1) is 6.61 Å². The first-order valence-electron chi connectivity index (χ1n) is 2.40. The second-order valence-corrected chi connectivity index (χ2v) is 1.33. The molecule has 0 aromatic heterocycles. The second kappa shape index (κ2) is 4.09. The first kappa shape index (κ1) is 6.92. The number of aliphatic hydroxyl groups excluding tert-OH is 1. The fraction of sp³-hybridized carbons (Fsp3) is 0.800. The van der Waals surface area contributed by atoms with Crippen LogP contribution in [0.15, 0.2) is 0 Å². The zero-order chi connectivity index (χ0) is 5.70. The van der Waals surface area contributed by atoms with Crippen molar-refractivity contribution in [1.82, 2.24) is 0 Å². The van der Waals surface area contributed by atoms with Crippen LogP contribution in [0.2, 0.25) is 0 Å². The third-order valence-corrected chi connectivity index (χ3v) is 0.460. The summed E-state index contributed by atoms with van der Waals surface area (Å²) in [6.07, 6.45) is -0.444. The van der Waals surface area contributed by atoms with Gasteiger partial charge in [0.05, 0.1) is 6.10 Å². The van der Waals surface area contributed by atoms with Gasteiger partial charge in [-0.15, -0.1) is 0 Å². The fourth-order valence-electron chi connectivity index (χ4n) is 0.235. The molecule has 0 saturated carbocycles. The molecule has 0 saturated heterocycles. The Morgan fingerprint density at radius 3 is 2.57 bits per heavy atom. The summed E-state index contributed by atoms with van der Waals surface area (Å²) in [7, 11) is 0. The van der Waals surface area contributed by atoms with Gasteiger partial charge in [0.15, 0.2) is 0 Å². The summed E-state index contributed by atoms with van der Waals surface area (Å²) in [4.78, 5) is 0. The van der Waals surface area contributed by atoms with E-state index in [2.05, 4.69) is 0 Å². The van der Waals surface area contributed by atoms with Gasteiger partial charge in [-0.1, -0.05) is 0 Å². The van der Waals surface area contributed by atoms with E-state index in [9.17, 15) is 0 Å². The van der Waals surface area contributed by atoms with Crippen molar-refractivity contribution in [3.8, 4) is 0 Å². The van der Waals surface area contributed by atoms with E-state index in [1.165, 1.54) is 6.61 Å². The Kier molecular flexibility index (Phi) is 4.04. The molecule has 0 aliphatic heterocycles. The number of hydrogen-bond acceptors (Lipinski definition) is 2. The molecule has 0 spiro atoms. The van der Waals surface area contributed by atoms with Gasteiger partial charge in [-0.3, -0.25) is 0 Å². The van der Waals surface area contributed by atoms with Gasteiger partial charge in [0.1, 0.15) is 6.61 Å². The van der Waals surface area contributed by atoms with E-state index >= 15 is 0 Å². The molecule has 0 bridgehead atoms. The van der Waals surface area contributed by atoms with Crippen molar-refractivity contribution in [3.05, 3.63) is 6.61 Å². The Labute approximate surface area is 44.1 Å². The van der Waals surface area contributed by atoms with Crippen LogP contribution >= 0.6 is 0 Å². The monoisotopic (exact) mass is 103 g/mol. The molecule has 2 nitrogen and oxygen atoms in total. The van der Waals surface area contributed by atoms with E-state index in [-0.39, 0.29) is 0 Å². The molecule has 1 N–H and O–H groups in total. The minimum atomic E-state index is -0.444. The summed E-state index contributed by atoms with van der Waals surface area (Å²) in [5.41, 5.74) is 0. The maximum absolute atomic E-state index is 8.50. The van der Waals surface area contributed by atoms with Gasteiger partial charge in [-0.2, -0.15) is 0 Å². The normalized spacial score (nSPS) is 14.1. The average molecular weight is 103 g/mol. The predicted octanol–water partition coefficient (Wildman–Crippen LogP) is 0.565. The summed E-state index contributed by atoms with van der Waals surface area (Å²) in [5.74, 6) is 0. The molecule has 0 aromatic carbocycles. The third kappa shape index (κ3) is 5.92. The largest absolute Gasteiger partial charge is 0.391 e. The van der Waals surface area contributed by atoms with E-state index < -0.39 is 6.10 Å². The number of rotatable bonds is 3. The average Bonchev–Trinajstić information content (AvgIpc) is 1.61. The van der Waals surface area contributed by atoms with Crippen LogP contribution in [-0.4, -0.2) is 17.8 Å². The Bertz CT molecular complexity index is 35.1. The minimum absolute atomic E-state index is 0.444. The lowest BCUT2D eigenvalue weighted by Crippen LogP contribution is -2.02. The molecular weight excluding hydrogens is 92.1 g/mol. The molecular formula is C5H11O2. The molecule has 1 atom stereocenters. The van der Waals surface area contributed by atoms with Gasteiger partial charge < -0.3 is 9.84 Å². The Hall–Kier alpha value is -0.0800. The van der Waals surface area contributed by atoms with Crippen molar-refractivity contribution in [2.75, 3.05) is 6.61 Å². The highest BCUT2D eigenvalue weighted by atomic mass is 16.5. The lowest BCUT2D eigenvalue weighted by Gasteiger charge is -1.99. The standard InChI is InChI=1S/C5H11O2/c1-3-7-4-5(2)6/h4-6H,3H2,1-2H3. The molecule has 0 aliphatic carbocycles. The van der Waals surface area contributed by atoms with E-state index in [1.807, 2.05) is 6.92 Å². The van der Waals surface area contributed by atoms with Crippen LogP contribution in [0.1, 0.15) is 13.8 Å². The quantitative estimate of drug-likeness (QED) is 0.565. The first-order valence-corrected chi connectivity index (χ1v) is 2.40. The molecule has 1 radical (unpaired) electrons. The zero-order valence-electron chi connectivity index (χ0n) is 4.72. The maximum Gasteiger partial charge on any atom is 0.112 e. The van der Waals surface area contributed by atoms with Crippen molar-refractivity contribution in [2.45, 2.75) is 20.0 Å². The highest BCUT2D eigenvalue weighted by Crippen LogP contribution is 1.86. The van der Waals surface area contributed by atoms with Crippen molar-refractivity contribution in [3.63, 3.8) is 0 Å². The Morgan fingerprint density at radius 2 is 2.43 bits per heavy atom. The smallest absolute Gasteiger partial charge is 0.112 e. The molecule has 2 heteroatoms. The van der Waals surface area contributed by atoms with E-state index in [0.717, 1.165) is 0 Å². The lowest BCUT2D eigenvalue weighted by atomic mass is 10.4. The topological polar surface area (TPSA) is 29.5 Å². The van der Waals surface area contributed by atoms with Gasteiger partial charge in [-0.25, -0.2) is 0 Å². The molecule has 0 aromatic rings. The van der Waals surface area contributed by atoms with Crippen molar-refractivity contribution >= 4 is 0 Å². The number of ether oxygens (including phenoxy) is 1. The molecule has 43 valence electrons. The molecule has 0 fully saturated rings. The van der Waals surface area contributed by atoms with Gasteiger partial charge in [0, 0.05) is 6.61 Å². The second-order valence-electron chi connectivity index (χ2n) is 1.33. The molecule has 7 heavy (non-hydrogen) atoms. The van der Waals surface area contributed by atoms with Crippen LogP contribution in [0.3, 0.4) is 0 Å². The van der Waals surface area contributed by atoms with E-state index in [1.54, 1.807) is 6.92 Å². The molecule has 0 rings (SSSR count). The molecule has 0 amide bonds. The van der Waals surface area contributed by atoms with Crippen LogP contribution in [0.25, 0.3) is 0 Å². The van der Waals surface area contributed by atoms with Gasteiger partial charge in [0.2, 0.25) is 0 Å².